The Kier molecular flexibility index (Phi) is 7.54. The summed E-state index contributed by atoms with van der Waals surface area (Å²) in [4.78, 5) is 30.3. The number of carbonyl (C=O) groups is 1. The molecule has 1 N–H and O–H groups in total. The molecule has 6 nitrogen and oxygen atoms in total. The van der Waals surface area contributed by atoms with Crippen LogP contribution in [0.15, 0.2) is 120 Å². The number of aromatic carboxylic acids is 1. The summed E-state index contributed by atoms with van der Waals surface area (Å²) in [7, 11) is 1.64. The number of aromatic nitrogens is 1. The van der Waals surface area contributed by atoms with Gasteiger partial charge in [-0.05, 0) is 59.2 Å². The van der Waals surface area contributed by atoms with Gasteiger partial charge in [-0.2, -0.15) is 0 Å². The summed E-state index contributed by atoms with van der Waals surface area (Å²) < 4.78 is 8.04. The number of carboxylic acids is 1. The Hall–Kier alpha value is -4.98. The van der Waals surface area contributed by atoms with Crippen LogP contribution in [0.4, 0.5) is 0 Å². The summed E-state index contributed by atoms with van der Waals surface area (Å²) in [5.41, 5.74) is 5.40. The third kappa shape index (κ3) is 4.80. The van der Waals surface area contributed by atoms with Gasteiger partial charge in [-0.3, -0.25) is 9.69 Å². The quantitative estimate of drug-likeness (QED) is 0.167. The zero-order valence-corrected chi connectivity index (χ0v) is 27.7. The van der Waals surface area contributed by atoms with Gasteiger partial charge in [-0.15, -0.1) is 11.3 Å². The molecule has 0 saturated heterocycles. The van der Waals surface area contributed by atoms with E-state index in [0.29, 0.717) is 16.7 Å². The van der Waals surface area contributed by atoms with Gasteiger partial charge in [0.25, 0.3) is 0 Å². The molecule has 2 aliphatic rings. The number of rotatable bonds is 8. The number of hydrogen-bond acceptors (Lipinski definition) is 5. The lowest BCUT2D eigenvalue weighted by Crippen LogP contribution is -2.50. The summed E-state index contributed by atoms with van der Waals surface area (Å²) in [5, 5.41) is 10.2. The van der Waals surface area contributed by atoms with Crippen LogP contribution in [0.2, 0.25) is 0 Å². The molecule has 0 radical (unpaired) electrons. The lowest BCUT2D eigenvalue weighted by Gasteiger charge is -2.48. The Bertz CT molecular complexity index is 2110. The third-order valence-electron chi connectivity index (χ3n) is 10.0. The Morgan fingerprint density at radius 1 is 0.875 bits per heavy atom. The number of nitrogens with zero attached hydrogens (tertiary/aromatic N) is 2. The molecule has 2 aromatic heterocycles. The first-order valence-corrected chi connectivity index (χ1v) is 17.3. The molecule has 1 aliphatic heterocycles. The molecule has 240 valence electrons. The second-order valence-corrected chi connectivity index (χ2v) is 14.1. The first-order chi connectivity index (χ1) is 23.4. The van der Waals surface area contributed by atoms with Crippen LogP contribution in [0.5, 0.6) is 5.75 Å². The molecule has 1 atom stereocenters. The van der Waals surface area contributed by atoms with Crippen LogP contribution < -0.4 is 10.2 Å². The highest BCUT2D eigenvalue weighted by Crippen LogP contribution is 2.50. The fourth-order valence-corrected chi connectivity index (χ4v) is 9.06. The van der Waals surface area contributed by atoms with Crippen molar-refractivity contribution in [3.63, 3.8) is 0 Å². The van der Waals surface area contributed by atoms with Crippen LogP contribution in [0.1, 0.15) is 69.2 Å². The van der Waals surface area contributed by atoms with Crippen molar-refractivity contribution >= 4 is 28.2 Å². The van der Waals surface area contributed by atoms with Crippen LogP contribution in [-0.2, 0) is 12.1 Å². The molecule has 1 saturated carbocycles. The molecule has 1 aliphatic carbocycles. The number of hydrogen-bond donors (Lipinski definition) is 1. The first kappa shape index (κ1) is 30.4. The number of methoxy groups -OCH3 is 1. The molecule has 0 spiro atoms. The van der Waals surface area contributed by atoms with Gasteiger partial charge in [0.05, 0.1) is 23.6 Å². The molecule has 3 heterocycles. The van der Waals surface area contributed by atoms with E-state index in [1.807, 2.05) is 10.6 Å². The van der Waals surface area contributed by atoms with Gasteiger partial charge in [0, 0.05) is 40.6 Å². The molecular formula is C41H36N2O4S. The van der Waals surface area contributed by atoms with Crippen molar-refractivity contribution in [2.45, 2.75) is 43.8 Å². The molecular weight excluding hydrogens is 617 g/mol. The number of ether oxygens (including phenoxy) is 1. The molecule has 0 amide bonds. The van der Waals surface area contributed by atoms with Gasteiger partial charge < -0.3 is 14.4 Å². The predicted octanol–water partition coefficient (Wildman–Crippen LogP) is 8.68. The van der Waals surface area contributed by atoms with Gasteiger partial charge >= 0.3 is 5.97 Å². The van der Waals surface area contributed by atoms with Crippen LogP contribution in [0, 0.1) is 0 Å². The average Bonchev–Trinajstić information content (AvgIpc) is 3.87. The maximum atomic E-state index is 13.3. The number of pyridine rings is 1. The van der Waals surface area contributed by atoms with Crippen molar-refractivity contribution in [1.82, 2.24) is 9.47 Å². The monoisotopic (exact) mass is 652 g/mol. The van der Waals surface area contributed by atoms with E-state index in [2.05, 4.69) is 109 Å². The Labute approximate surface area is 283 Å². The summed E-state index contributed by atoms with van der Waals surface area (Å²) in [6, 6.07) is 38.6. The van der Waals surface area contributed by atoms with Crippen molar-refractivity contribution in [1.29, 1.82) is 0 Å². The first-order valence-electron chi connectivity index (χ1n) is 16.5. The number of fused-ring (bicyclic) bond motifs is 2. The van der Waals surface area contributed by atoms with Gasteiger partial charge in [0.1, 0.15) is 5.56 Å². The standard InChI is InChI=1S/C41H36N2O4S/c1-26-23-42(41(27-12-6-3-7-13-27,28-14-8-4-9-15-28)29-16-10-5-11-17-29)25-36-33(26)22-35(48-36)31-20-21-32-37(39(31)47-2)43(30-18-19-30)24-34(38(32)44)40(45)46/h3-17,20-22,24,26,30H,18-19,23,25H2,1-2H3,(H,45,46). The number of benzene rings is 4. The van der Waals surface area contributed by atoms with Gasteiger partial charge in [0.2, 0.25) is 5.43 Å². The van der Waals surface area contributed by atoms with E-state index >= 15 is 0 Å². The lowest BCUT2D eigenvalue weighted by atomic mass is 9.74. The molecule has 48 heavy (non-hydrogen) atoms. The summed E-state index contributed by atoms with van der Waals surface area (Å²) in [6.45, 7) is 3.92. The van der Waals surface area contributed by atoms with Gasteiger partial charge in [-0.1, -0.05) is 97.9 Å². The molecule has 6 aromatic rings. The SMILES string of the molecule is COc1c(-c2cc3c(s2)CN(C(c2ccccc2)(c2ccccc2)c2ccccc2)CC3C)ccc2c(=O)c(C(=O)O)cn(C3CC3)c12. The van der Waals surface area contributed by atoms with Crippen molar-refractivity contribution in [3.05, 3.63) is 158 Å². The van der Waals surface area contributed by atoms with Crippen molar-refractivity contribution in [2.75, 3.05) is 13.7 Å². The number of carboxylic acid groups (broad SMARTS) is 1. The zero-order chi connectivity index (χ0) is 33.0. The molecule has 0 bridgehead atoms. The second kappa shape index (κ2) is 11.9. The van der Waals surface area contributed by atoms with E-state index in [-0.39, 0.29) is 17.5 Å². The van der Waals surface area contributed by atoms with E-state index in [0.717, 1.165) is 36.4 Å². The minimum Gasteiger partial charge on any atom is -0.494 e. The summed E-state index contributed by atoms with van der Waals surface area (Å²) >= 11 is 1.77. The van der Waals surface area contributed by atoms with Crippen molar-refractivity contribution < 1.29 is 14.6 Å². The lowest BCUT2D eigenvalue weighted by molar-refractivity contribution is 0.0694. The fraction of sp³-hybridized carbons (Fsp3) is 0.220. The predicted molar refractivity (Wildman–Crippen MR) is 191 cm³/mol. The summed E-state index contributed by atoms with van der Waals surface area (Å²) in [6.07, 6.45) is 3.39. The van der Waals surface area contributed by atoms with Gasteiger partial charge in [0.15, 0.2) is 5.75 Å². The van der Waals surface area contributed by atoms with E-state index in [4.69, 9.17) is 4.74 Å². The van der Waals surface area contributed by atoms with Crippen LogP contribution in [0.3, 0.4) is 0 Å². The van der Waals surface area contributed by atoms with Crippen LogP contribution in [-0.4, -0.2) is 34.2 Å². The van der Waals surface area contributed by atoms with E-state index in [1.54, 1.807) is 24.5 Å². The molecule has 1 unspecified atom stereocenters. The largest absolute Gasteiger partial charge is 0.494 e. The Morgan fingerprint density at radius 2 is 1.46 bits per heavy atom. The highest BCUT2D eigenvalue weighted by Gasteiger charge is 2.45. The molecule has 7 heteroatoms. The van der Waals surface area contributed by atoms with Crippen molar-refractivity contribution in [2.24, 2.45) is 0 Å². The number of thiophene rings is 1. The van der Waals surface area contributed by atoms with E-state index in [9.17, 15) is 14.7 Å². The maximum absolute atomic E-state index is 13.3. The van der Waals surface area contributed by atoms with Crippen LogP contribution >= 0.6 is 11.3 Å². The van der Waals surface area contributed by atoms with Crippen molar-refractivity contribution in [3.8, 4) is 16.2 Å². The minimum absolute atomic E-state index is 0.155. The minimum atomic E-state index is -1.21. The summed E-state index contributed by atoms with van der Waals surface area (Å²) in [5.74, 6) is -0.339. The van der Waals surface area contributed by atoms with E-state index in [1.165, 1.54) is 33.3 Å². The normalized spacial score (nSPS) is 16.5. The Morgan fingerprint density at radius 3 is 1.98 bits per heavy atom. The zero-order valence-electron chi connectivity index (χ0n) is 26.9. The second-order valence-electron chi connectivity index (χ2n) is 12.9. The van der Waals surface area contributed by atoms with Crippen LogP contribution in [0.25, 0.3) is 21.3 Å². The Balaban J connectivity index is 1.29. The fourth-order valence-electron chi connectivity index (χ4n) is 7.74. The molecule has 1 fully saturated rings. The molecule has 4 aromatic carbocycles. The smallest absolute Gasteiger partial charge is 0.341 e. The maximum Gasteiger partial charge on any atom is 0.341 e. The third-order valence-corrected chi connectivity index (χ3v) is 11.2. The van der Waals surface area contributed by atoms with E-state index < -0.39 is 16.9 Å². The highest BCUT2D eigenvalue weighted by molar-refractivity contribution is 7.15. The van der Waals surface area contributed by atoms with Gasteiger partial charge in [-0.25, -0.2) is 4.79 Å². The molecule has 8 rings (SSSR count). The topological polar surface area (TPSA) is 71.8 Å². The highest BCUT2D eigenvalue weighted by atomic mass is 32.1. The average molecular weight is 653 g/mol.